The molecule has 0 spiro atoms. The summed E-state index contributed by atoms with van der Waals surface area (Å²) < 4.78 is 23.8. The van der Waals surface area contributed by atoms with E-state index in [-0.39, 0.29) is 5.91 Å². The molecule has 0 bridgehead atoms. The summed E-state index contributed by atoms with van der Waals surface area (Å²) in [6, 6.07) is 12.9. The summed E-state index contributed by atoms with van der Waals surface area (Å²) in [4.78, 5) is 24.7. The van der Waals surface area contributed by atoms with Gasteiger partial charge in [0.1, 0.15) is 5.75 Å². The van der Waals surface area contributed by atoms with E-state index in [9.17, 15) is 4.79 Å². The van der Waals surface area contributed by atoms with Crippen LogP contribution in [0.3, 0.4) is 0 Å². The fraction of sp³-hybridized carbons (Fsp3) is 0.296. The monoisotopic (exact) mass is 507 g/mol. The van der Waals surface area contributed by atoms with E-state index in [2.05, 4.69) is 4.98 Å². The first-order valence-electron chi connectivity index (χ1n) is 11.8. The fourth-order valence-corrected chi connectivity index (χ4v) is 4.65. The van der Waals surface area contributed by atoms with Gasteiger partial charge in [-0.05, 0) is 56.7 Å². The average molecular weight is 508 g/mol. The Kier molecular flexibility index (Phi) is 8.22. The molecule has 0 atom stereocenters. The van der Waals surface area contributed by atoms with Crippen LogP contribution in [0.25, 0.3) is 10.2 Å². The normalized spacial score (nSPS) is 10.8. The number of carbonyl (C=O) groups excluding carboxylic acids is 1. The summed E-state index contributed by atoms with van der Waals surface area (Å²) in [6.07, 6.45) is 3.45. The molecule has 2 aromatic carbocycles. The molecule has 8 nitrogen and oxygen atoms in total. The molecule has 4 rings (SSSR count). The van der Waals surface area contributed by atoms with Crippen LogP contribution in [0.5, 0.6) is 23.0 Å². The number of methoxy groups -OCH3 is 1. The van der Waals surface area contributed by atoms with E-state index in [1.165, 1.54) is 11.3 Å². The van der Waals surface area contributed by atoms with Crippen molar-refractivity contribution in [2.45, 2.75) is 27.3 Å². The third-order valence-electron chi connectivity index (χ3n) is 5.28. The third-order valence-corrected chi connectivity index (χ3v) is 6.34. The van der Waals surface area contributed by atoms with Gasteiger partial charge in [-0.15, -0.1) is 0 Å². The molecule has 0 aliphatic rings. The van der Waals surface area contributed by atoms with Crippen molar-refractivity contribution in [2.24, 2.45) is 0 Å². The zero-order valence-corrected chi connectivity index (χ0v) is 21.6. The third kappa shape index (κ3) is 5.52. The van der Waals surface area contributed by atoms with Gasteiger partial charge in [0.05, 0.1) is 43.7 Å². The minimum Gasteiger partial charge on any atom is -0.497 e. The van der Waals surface area contributed by atoms with Crippen LogP contribution in [-0.2, 0) is 6.54 Å². The standard InChI is InChI=1S/C27H29N3O5S/c1-5-33-22-13-19(14-23(34-6-2)25(22)35-7-3)26(31)30(17-18-9-8-12-28-16-18)27-29-21-15-20(32-4)10-11-24(21)36-27/h8-16H,5-7,17H2,1-4H3. The minimum absolute atomic E-state index is 0.241. The number of benzene rings is 2. The molecule has 0 unspecified atom stereocenters. The summed E-state index contributed by atoms with van der Waals surface area (Å²) in [5, 5.41) is 0.567. The number of carbonyl (C=O) groups is 1. The number of aromatic nitrogens is 2. The number of hydrogen-bond donors (Lipinski definition) is 0. The van der Waals surface area contributed by atoms with Gasteiger partial charge in [0, 0.05) is 24.0 Å². The molecule has 4 aromatic rings. The molecule has 2 aromatic heterocycles. The van der Waals surface area contributed by atoms with E-state index in [1.54, 1.807) is 36.5 Å². The molecule has 188 valence electrons. The zero-order valence-electron chi connectivity index (χ0n) is 20.8. The number of hydrogen-bond acceptors (Lipinski definition) is 8. The first kappa shape index (κ1) is 25.2. The second kappa shape index (κ2) is 11.7. The molecular formula is C27H29N3O5S. The van der Waals surface area contributed by atoms with Gasteiger partial charge < -0.3 is 18.9 Å². The van der Waals surface area contributed by atoms with Gasteiger partial charge >= 0.3 is 0 Å². The summed E-state index contributed by atoms with van der Waals surface area (Å²) >= 11 is 1.44. The topological polar surface area (TPSA) is 83.0 Å². The van der Waals surface area contributed by atoms with Crippen LogP contribution in [0.1, 0.15) is 36.7 Å². The van der Waals surface area contributed by atoms with Crippen molar-refractivity contribution in [1.82, 2.24) is 9.97 Å². The van der Waals surface area contributed by atoms with Gasteiger partial charge in [0.25, 0.3) is 5.91 Å². The Labute approximate surface area is 214 Å². The maximum absolute atomic E-state index is 14.0. The average Bonchev–Trinajstić information content (AvgIpc) is 3.32. The highest BCUT2D eigenvalue weighted by Crippen LogP contribution is 2.40. The van der Waals surface area contributed by atoms with E-state index < -0.39 is 0 Å². The van der Waals surface area contributed by atoms with Crippen LogP contribution in [-0.4, -0.2) is 42.8 Å². The Morgan fingerprint density at radius 1 is 0.972 bits per heavy atom. The molecule has 2 heterocycles. The molecule has 0 N–H and O–H groups in total. The van der Waals surface area contributed by atoms with Crippen molar-refractivity contribution in [2.75, 3.05) is 31.8 Å². The molecule has 36 heavy (non-hydrogen) atoms. The smallest absolute Gasteiger partial charge is 0.260 e. The van der Waals surface area contributed by atoms with Crippen molar-refractivity contribution in [3.05, 3.63) is 66.0 Å². The highest BCUT2D eigenvalue weighted by atomic mass is 32.1. The lowest BCUT2D eigenvalue weighted by Crippen LogP contribution is -2.30. The molecule has 0 saturated heterocycles. The summed E-state index contributed by atoms with van der Waals surface area (Å²) in [5.74, 6) is 1.88. The SMILES string of the molecule is CCOc1cc(C(=O)N(Cc2cccnc2)c2nc3cc(OC)ccc3s2)cc(OCC)c1OCC. The number of amides is 1. The lowest BCUT2D eigenvalue weighted by Gasteiger charge is -2.22. The molecule has 0 aliphatic carbocycles. The van der Waals surface area contributed by atoms with Crippen LogP contribution in [0.4, 0.5) is 5.13 Å². The Morgan fingerprint density at radius 3 is 2.31 bits per heavy atom. The van der Waals surface area contributed by atoms with Crippen molar-refractivity contribution >= 4 is 32.6 Å². The Balaban J connectivity index is 1.81. The van der Waals surface area contributed by atoms with Gasteiger partial charge in [-0.1, -0.05) is 17.4 Å². The second-order valence-electron chi connectivity index (χ2n) is 7.68. The van der Waals surface area contributed by atoms with Crippen molar-refractivity contribution < 1.29 is 23.7 Å². The van der Waals surface area contributed by atoms with Crippen LogP contribution >= 0.6 is 11.3 Å². The molecule has 9 heteroatoms. The van der Waals surface area contributed by atoms with Crippen molar-refractivity contribution in [3.8, 4) is 23.0 Å². The lowest BCUT2D eigenvalue weighted by atomic mass is 10.1. The largest absolute Gasteiger partial charge is 0.497 e. The molecular weight excluding hydrogens is 478 g/mol. The van der Waals surface area contributed by atoms with E-state index in [4.69, 9.17) is 23.9 Å². The second-order valence-corrected chi connectivity index (χ2v) is 8.69. The number of rotatable bonds is 11. The summed E-state index contributed by atoms with van der Waals surface area (Å²) in [6.45, 7) is 7.23. The molecule has 0 radical (unpaired) electrons. The predicted molar refractivity (Wildman–Crippen MR) is 141 cm³/mol. The molecule has 0 saturated carbocycles. The molecule has 1 amide bonds. The number of pyridine rings is 1. The number of ether oxygens (including phenoxy) is 4. The first-order chi connectivity index (χ1) is 17.6. The van der Waals surface area contributed by atoms with Gasteiger partial charge in [0.15, 0.2) is 16.6 Å². The predicted octanol–water partition coefficient (Wildman–Crippen LogP) is 5.74. The minimum atomic E-state index is -0.241. The van der Waals surface area contributed by atoms with Crippen molar-refractivity contribution in [1.29, 1.82) is 0 Å². The number of thiazole rings is 1. The highest BCUT2D eigenvalue weighted by Gasteiger charge is 2.25. The maximum atomic E-state index is 14.0. The quantitative estimate of drug-likeness (QED) is 0.256. The van der Waals surface area contributed by atoms with E-state index >= 15 is 0 Å². The van der Waals surface area contributed by atoms with Gasteiger partial charge in [0.2, 0.25) is 5.75 Å². The van der Waals surface area contributed by atoms with Crippen LogP contribution in [0.15, 0.2) is 54.9 Å². The van der Waals surface area contributed by atoms with Crippen LogP contribution in [0, 0.1) is 0 Å². The summed E-state index contributed by atoms with van der Waals surface area (Å²) in [5.41, 5.74) is 2.05. The van der Waals surface area contributed by atoms with Crippen molar-refractivity contribution in [3.63, 3.8) is 0 Å². The van der Waals surface area contributed by atoms with Gasteiger partial charge in [-0.3, -0.25) is 14.7 Å². The van der Waals surface area contributed by atoms with Crippen LogP contribution < -0.4 is 23.8 Å². The van der Waals surface area contributed by atoms with E-state index in [0.29, 0.717) is 60.1 Å². The highest BCUT2D eigenvalue weighted by molar-refractivity contribution is 7.22. The fourth-order valence-electron chi connectivity index (χ4n) is 3.71. The maximum Gasteiger partial charge on any atom is 0.260 e. The zero-order chi connectivity index (χ0) is 25.5. The van der Waals surface area contributed by atoms with Gasteiger partial charge in [-0.25, -0.2) is 4.98 Å². The van der Waals surface area contributed by atoms with Crippen LogP contribution in [0.2, 0.25) is 0 Å². The Morgan fingerprint density at radius 2 is 1.69 bits per heavy atom. The number of fused-ring (bicyclic) bond motifs is 1. The Hall–Kier alpha value is -3.85. The first-order valence-corrected chi connectivity index (χ1v) is 12.6. The van der Waals surface area contributed by atoms with E-state index in [1.807, 2.05) is 51.1 Å². The summed E-state index contributed by atoms with van der Waals surface area (Å²) in [7, 11) is 1.62. The molecule has 0 fully saturated rings. The number of nitrogens with zero attached hydrogens (tertiary/aromatic N) is 3. The molecule has 0 aliphatic heterocycles. The Bertz CT molecular complexity index is 1300. The lowest BCUT2D eigenvalue weighted by molar-refractivity contribution is 0.0984. The van der Waals surface area contributed by atoms with Gasteiger partial charge in [-0.2, -0.15) is 0 Å². The number of anilines is 1. The van der Waals surface area contributed by atoms with E-state index in [0.717, 1.165) is 15.8 Å².